The van der Waals surface area contributed by atoms with Gasteiger partial charge in [0.25, 0.3) is 0 Å². The van der Waals surface area contributed by atoms with Gasteiger partial charge in [0, 0.05) is 13.2 Å². The summed E-state index contributed by atoms with van der Waals surface area (Å²) in [6.45, 7) is 4.95. The molecule has 2 N–H and O–H groups in total. The van der Waals surface area contributed by atoms with Gasteiger partial charge in [0.1, 0.15) is 5.52 Å². The van der Waals surface area contributed by atoms with Crippen molar-refractivity contribution in [2.24, 2.45) is 0 Å². The predicted octanol–water partition coefficient (Wildman–Crippen LogP) is 1.88. The standard InChI is InChI=1S/C13H19N3O2/c1-3-17-8-7-16(2)9-12-15-13-10(14)5-4-6-11(13)18-12/h4-6H,3,7-9,14H2,1-2H3. The van der Waals surface area contributed by atoms with Gasteiger partial charge in [-0.15, -0.1) is 0 Å². The Kier molecular flexibility index (Phi) is 4.17. The third-order valence-electron chi connectivity index (χ3n) is 2.72. The number of hydrogen-bond donors (Lipinski definition) is 1. The molecule has 5 nitrogen and oxygen atoms in total. The van der Waals surface area contributed by atoms with Gasteiger partial charge >= 0.3 is 0 Å². The van der Waals surface area contributed by atoms with Crippen LogP contribution in [-0.2, 0) is 11.3 Å². The van der Waals surface area contributed by atoms with Crippen molar-refractivity contribution in [1.82, 2.24) is 9.88 Å². The highest BCUT2D eigenvalue weighted by Crippen LogP contribution is 2.21. The number of para-hydroxylation sites is 1. The van der Waals surface area contributed by atoms with Gasteiger partial charge in [0.15, 0.2) is 5.58 Å². The quantitative estimate of drug-likeness (QED) is 0.625. The minimum absolute atomic E-state index is 0.652. The summed E-state index contributed by atoms with van der Waals surface area (Å²) in [5, 5.41) is 0. The molecule has 1 heterocycles. The van der Waals surface area contributed by atoms with Crippen molar-refractivity contribution in [2.45, 2.75) is 13.5 Å². The van der Waals surface area contributed by atoms with Gasteiger partial charge < -0.3 is 14.9 Å². The second-order valence-electron chi connectivity index (χ2n) is 4.24. The highest BCUT2D eigenvalue weighted by Gasteiger charge is 2.09. The summed E-state index contributed by atoms with van der Waals surface area (Å²) in [6, 6.07) is 5.57. The molecule has 0 aliphatic rings. The van der Waals surface area contributed by atoms with E-state index in [1.807, 2.05) is 32.2 Å². The fourth-order valence-electron chi connectivity index (χ4n) is 1.76. The first-order valence-corrected chi connectivity index (χ1v) is 6.11. The number of hydrogen-bond acceptors (Lipinski definition) is 5. The summed E-state index contributed by atoms with van der Waals surface area (Å²) in [5.41, 5.74) is 7.98. The van der Waals surface area contributed by atoms with Crippen molar-refractivity contribution in [2.75, 3.05) is 32.5 Å². The van der Waals surface area contributed by atoms with Gasteiger partial charge in [0.05, 0.1) is 18.8 Å². The summed E-state index contributed by atoms with van der Waals surface area (Å²) in [7, 11) is 2.01. The van der Waals surface area contributed by atoms with Gasteiger partial charge in [0.2, 0.25) is 5.89 Å². The zero-order chi connectivity index (χ0) is 13.0. The number of likely N-dealkylation sites (N-methyl/N-ethyl adjacent to an activating group) is 1. The molecule has 0 radical (unpaired) electrons. The SMILES string of the molecule is CCOCCN(C)Cc1nc2c(N)cccc2o1. The number of oxazole rings is 1. The number of nitrogens with two attached hydrogens (primary N) is 1. The van der Waals surface area contributed by atoms with Crippen LogP contribution in [0.2, 0.25) is 0 Å². The molecule has 0 fully saturated rings. The molecule has 0 bridgehead atoms. The van der Waals surface area contributed by atoms with Crippen molar-refractivity contribution in [3.63, 3.8) is 0 Å². The highest BCUT2D eigenvalue weighted by molar-refractivity contribution is 5.85. The van der Waals surface area contributed by atoms with E-state index in [9.17, 15) is 0 Å². The first kappa shape index (κ1) is 12.9. The fourth-order valence-corrected chi connectivity index (χ4v) is 1.76. The maximum atomic E-state index is 5.84. The van der Waals surface area contributed by atoms with E-state index in [4.69, 9.17) is 14.9 Å². The first-order chi connectivity index (χ1) is 8.70. The Hall–Kier alpha value is -1.59. The van der Waals surface area contributed by atoms with E-state index in [-0.39, 0.29) is 0 Å². The summed E-state index contributed by atoms with van der Waals surface area (Å²) < 4.78 is 11.0. The number of aromatic nitrogens is 1. The lowest BCUT2D eigenvalue weighted by Gasteiger charge is -2.13. The van der Waals surface area contributed by atoms with Crippen LogP contribution in [-0.4, -0.2) is 36.7 Å². The van der Waals surface area contributed by atoms with E-state index in [2.05, 4.69) is 9.88 Å². The molecule has 0 atom stereocenters. The molecule has 0 saturated carbocycles. The van der Waals surface area contributed by atoms with Crippen LogP contribution in [0.5, 0.6) is 0 Å². The molecule has 0 aliphatic carbocycles. The second kappa shape index (κ2) is 5.84. The van der Waals surface area contributed by atoms with Crippen molar-refractivity contribution in [1.29, 1.82) is 0 Å². The Morgan fingerprint density at radius 1 is 1.44 bits per heavy atom. The minimum atomic E-state index is 0.652. The average Bonchev–Trinajstić information content (AvgIpc) is 2.73. The lowest BCUT2D eigenvalue weighted by molar-refractivity contribution is 0.117. The Morgan fingerprint density at radius 2 is 2.28 bits per heavy atom. The molecule has 5 heteroatoms. The monoisotopic (exact) mass is 249 g/mol. The smallest absolute Gasteiger partial charge is 0.209 e. The molecule has 0 saturated heterocycles. The number of anilines is 1. The van der Waals surface area contributed by atoms with Crippen molar-refractivity contribution in [3.8, 4) is 0 Å². The maximum absolute atomic E-state index is 5.84. The largest absolute Gasteiger partial charge is 0.439 e. The van der Waals surface area contributed by atoms with Crippen LogP contribution < -0.4 is 5.73 Å². The number of fused-ring (bicyclic) bond motifs is 1. The van der Waals surface area contributed by atoms with Gasteiger partial charge in [-0.05, 0) is 26.1 Å². The molecule has 1 aromatic heterocycles. The summed E-state index contributed by atoms with van der Waals surface area (Å²) >= 11 is 0. The summed E-state index contributed by atoms with van der Waals surface area (Å²) in [6.07, 6.45) is 0. The normalized spacial score (nSPS) is 11.5. The van der Waals surface area contributed by atoms with E-state index >= 15 is 0 Å². The Labute approximate surface area is 107 Å². The molecule has 0 amide bonds. The Bertz CT molecular complexity index is 510. The first-order valence-electron chi connectivity index (χ1n) is 6.11. The van der Waals surface area contributed by atoms with Crippen LogP contribution in [0.1, 0.15) is 12.8 Å². The Morgan fingerprint density at radius 3 is 3.00 bits per heavy atom. The van der Waals surface area contributed by atoms with Crippen LogP contribution in [0.3, 0.4) is 0 Å². The summed E-state index contributed by atoms with van der Waals surface area (Å²) in [4.78, 5) is 6.51. The van der Waals surface area contributed by atoms with Gasteiger partial charge in [-0.2, -0.15) is 0 Å². The van der Waals surface area contributed by atoms with Crippen molar-refractivity contribution < 1.29 is 9.15 Å². The molecular weight excluding hydrogens is 230 g/mol. The zero-order valence-electron chi connectivity index (χ0n) is 10.8. The van der Waals surface area contributed by atoms with Crippen LogP contribution in [0.15, 0.2) is 22.6 Å². The molecule has 2 aromatic rings. The lowest BCUT2D eigenvalue weighted by atomic mass is 10.3. The van der Waals surface area contributed by atoms with E-state index in [1.165, 1.54) is 0 Å². The fraction of sp³-hybridized carbons (Fsp3) is 0.462. The maximum Gasteiger partial charge on any atom is 0.209 e. The molecule has 0 unspecified atom stereocenters. The third-order valence-corrected chi connectivity index (χ3v) is 2.72. The molecule has 0 aliphatic heterocycles. The molecule has 0 spiro atoms. The van der Waals surface area contributed by atoms with E-state index in [0.717, 1.165) is 30.9 Å². The number of benzene rings is 1. The Balaban J connectivity index is 2.01. The lowest BCUT2D eigenvalue weighted by Crippen LogP contribution is -2.22. The van der Waals surface area contributed by atoms with Crippen molar-refractivity contribution >= 4 is 16.8 Å². The van der Waals surface area contributed by atoms with E-state index < -0.39 is 0 Å². The van der Waals surface area contributed by atoms with Crippen LogP contribution >= 0.6 is 0 Å². The van der Waals surface area contributed by atoms with Gasteiger partial charge in [-0.25, -0.2) is 4.98 Å². The van der Waals surface area contributed by atoms with E-state index in [0.29, 0.717) is 18.1 Å². The zero-order valence-corrected chi connectivity index (χ0v) is 10.8. The van der Waals surface area contributed by atoms with Gasteiger partial charge in [-0.1, -0.05) is 6.07 Å². The molecular formula is C13H19N3O2. The number of rotatable bonds is 6. The van der Waals surface area contributed by atoms with Crippen molar-refractivity contribution in [3.05, 3.63) is 24.1 Å². The number of nitrogen functional groups attached to an aromatic ring is 1. The molecule has 98 valence electrons. The minimum Gasteiger partial charge on any atom is -0.439 e. The third kappa shape index (κ3) is 3.00. The molecule has 1 aromatic carbocycles. The molecule has 2 rings (SSSR count). The van der Waals surface area contributed by atoms with Gasteiger partial charge in [-0.3, -0.25) is 4.90 Å². The number of nitrogens with zero attached hydrogens (tertiary/aromatic N) is 2. The van der Waals surface area contributed by atoms with E-state index in [1.54, 1.807) is 0 Å². The van der Waals surface area contributed by atoms with Crippen LogP contribution in [0, 0.1) is 0 Å². The topological polar surface area (TPSA) is 64.5 Å². The highest BCUT2D eigenvalue weighted by atomic mass is 16.5. The molecule has 18 heavy (non-hydrogen) atoms. The van der Waals surface area contributed by atoms with Crippen LogP contribution in [0.4, 0.5) is 5.69 Å². The second-order valence-corrected chi connectivity index (χ2v) is 4.24. The predicted molar refractivity (Wildman–Crippen MR) is 71.2 cm³/mol. The summed E-state index contributed by atoms with van der Waals surface area (Å²) in [5.74, 6) is 0.682. The van der Waals surface area contributed by atoms with Crippen LogP contribution in [0.25, 0.3) is 11.1 Å². The number of ether oxygens (including phenoxy) is 1. The average molecular weight is 249 g/mol.